The Hall–Kier alpha value is -1.70. The van der Waals surface area contributed by atoms with E-state index in [1.807, 2.05) is 12.1 Å². The summed E-state index contributed by atoms with van der Waals surface area (Å²) < 4.78 is 7.78. The van der Waals surface area contributed by atoms with Crippen molar-refractivity contribution >= 4 is 17.2 Å². The second-order valence-electron chi connectivity index (χ2n) is 7.87. The summed E-state index contributed by atoms with van der Waals surface area (Å²) in [6.45, 7) is 9.81. The van der Waals surface area contributed by atoms with Crippen molar-refractivity contribution in [2.45, 2.75) is 52.4 Å². The molecule has 0 aliphatic carbocycles. The summed E-state index contributed by atoms with van der Waals surface area (Å²) >= 11 is 1.54. The van der Waals surface area contributed by atoms with Crippen LogP contribution in [-0.4, -0.2) is 40.3 Å². The molecule has 1 atom stereocenters. The number of hydrogen-bond donors (Lipinski definition) is 1. The third kappa shape index (κ3) is 4.42. The van der Waals surface area contributed by atoms with Crippen LogP contribution in [0, 0.1) is 5.92 Å². The Balaban J connectivity index is 1.33. The van der Waals surface area contributed by atoms with Gasteiger partial charge in [0.25, 0.3) is 5.91 Å². The van der Waals surface area contributed by atoms with Gasteiger partial charge >= 0.3 is 0 Å². The number of nitrogens with one attached hydrogen (secondary N) is 1. The molecular formula is C20H28N4O2S. The Bertz CT molecular complexity index is 792. The van der Waals surface area contributed by atoms with Gasteiger partial charge in [-0.3, -0.25) is 14.4 Å². The van der Waals surface area contributed by atoms with Crippen LogP contribution in [0.4, 0.5) is 0 Å². The van der Waals surface area contributed by atoms with Crippen LogP contribution in [-0.2, 0) is 24.4 Å². The van der Waals surface area contributed by atoms with Crippen LogP contribution in [0.5, 0.6) is 0 Å². The van der Waals surface area contributed by atoms with Crippen molar-refractivity contribution in [1.82, 2.24) is 20.0 Å². The van der Waals surface area contributed by atoms with Gasteiger partial charge in [-0.25, -0.2) is 0 Å². The lowest BCUT2D eigenvalue weighted by Gasteiger charge is -2.28. The molecule has 0 aromatic carbocycles. The lowest BCUT2D eigenvalue weighted by Crippen LogP contribution is -2.36. The number of thiophene rings is 1. The third-order valence-corrected chi connectivity index (χ3v) is 6.25. The van der Waals surface area contributed by atoms with Crippen LogP contribution in [0.25, 0.3) is 0 Å². The van der Waals surface area contributed by atoms with Crippen molar-refractivity contribution < 1.29 is 9.53 Å². The minimum atomic E-state index is -0.0309. The Morgan fingerprint density at radius 2 is 2.30 bits per heavy atom. The molecule has 2 aliphatic rings. The lowest BCUT2D eigenvalue weighted by atomic mass is 10.2. The Morgan fingerprint density at radius 3 is 3.07 bits per heavy atom. The molecule has 1 fully saturated rings. The monoisotopic (exact) mass is 388 g/mol. The standard InChI is InChI=1S/C20H28N4O2S/c1-14(2)12-23-7-8-24-16(13-23)10-15(22-24)11-21-20(25)19-6-5-18(27-19)17-4-3-9-26-17/h5-6,10,14,17H,3-4,7-9,11-13H2,1-2H3,(H,21,25). The average Bonchev–Trinajstić information content (AvgIpc) is 3.37. The van der Waals surface area contributed by atoms with Crippen LogP contribution in [0.3, 0.4) is 0 Å². The predicted molar refractivity (Wildman–Crippen MR) is 106 cm³/mol. The normalized spacial score (nSPS) is 20.2. The molecule has 0 bridgehead atoms. The smallest absolute Gasteiger partial charge is 0.261 e. The summed E-state index contributed by atoms with van der Waals surface area (Å²) in [6.07, 6.45) is 2.32. The molecule has 1 amide bonds. The highest BCUT2D eigenvalue weighted by Crippen LogP contribution is 2.33. The third-order valence-electron chi connectivity index (χ3n) is 5.08. The van der Waals surface area contributed by atoms with Gasteiger partial charge in [0.2, 0.25) is 0 Å². The van der Waals surface area contributed by atoms with Gasteiger partial charge < -0.3 is 10.1 Å². The summed E-state index contributed by atoms with van der Waals surface area (Å²) in [5, 5.41) is 7.67. The SMILES string of the molecule is CC(C)CN1CCn2nc(CNC(=O)c3ccc(C4CCCO4)s3)cc2C1. The van der Waals surface area contributed by atoms with Crippen molar-refractivity contribution in [1.29, 1.82) is 0 Å². The Labute approximate surface area is 164 Å². The van der Waals surface area contributed by atoms with E-state index in [4.69, 9.17) is 4.74 Å². The fourth-order valence-electron chi connectivity index (χ4n) is 3.85. The number of rotatable bonds is 6. The van der Waals surface area contributed by atoms with E-state index in [0.717, 1.165) is 61.1 Å². The molecule has 0 spiro atoms. The molecule has 0 saturated carbocycles. The number of carbonyl (C=O) groups excluding carboxylic acids is 1. The molecule has 7 heteroatoms. The maximum atomic E-state index is 12.5. The summed E-state index contributed by atoms with van der Waals surface area (Å²) in [6, 6.07) is 6.05. The summed E-state index contributed by atoms with van der Waals surface area (Å²) in [4.78, 5) is 16.8. The van der Waals surface area contributed by atoms with Gasteiger partial charge in [0.15, 0.2) is 0 Å². The zero-order valence-corrected chi connectivity index (χ0v) is 16.9. The maximum absolute atomic E-state index is 12.5. The molecule has 1 unspecified atom stereocenters. The molecule has 4 heterocycles. The van der Waals surface area contributed by atoms with Crippen molar-refractivity contribution in [3.8, 4) is 0 Å². The number of fused-ring (bicyclic) bond motifs is 1. The highest BCUT2D eigenvalue weighted by Gasteiger charge is 2.22. The molecular weight excluding hydrogens is 360 g/mol. The van der Waals surface area contributed by atoms with Crippen LogP contribution >= 0.6 is 11.3 Å². The van der Waals surface area contributed by atoms with Gasteiger partial charge in [-0.2, -0.15) is 5.10 Å². The summed E-state index contributed by atoms with van der Waals surface area (Å²) in [5.41, 5.74) is 2.17. The first kappa shape index (κ1) is 18.7. The second kappa shape index (κ2) is 8.12. The highest BCUT2D eigenvalue weighted by molar-refractivity contribution is 7.14. The molecule has 0 radical (unpaired) electrons. The molecule has 2 aromatic heterocycles. The van der Waals surface area contributed by atoms with E-state index >= 15 is 0 Å². The first-order valence-corrected chi connectivity index (χ1v) is 10.7. The number of ether oxygens (including phenoxy) is 1. The Kier molecular flexibility index (Phi) is 5.61. The van der Waals surface area contributed by atoms with Crippen molar-refractivity contribution in [2.75, 3.05) is 19.7 Å². The molecule has 4 rings (SSSR count). The maximum Gasteiger partial charge on any atom is 0.261 e. The minimum Gasteiger partial charge on any atom is -0.373 e. The quantitative estimate of drug-likeness (QED) is 0.826. The minimum absolute atomic E-state index is 0.0309. The van der Waals surface area contributed by atoms with Gasteiger partial charge in [0.1, 0.15) is 0 Å². The predicted octanol–water partition coefficient (Wildman–Crippen LogP) is 3.20. The molecule has 1 N–H and O–H groups in total. The zero-order valence-electron chi connectivity index (χ0n) is 16.1. The topological polar surface area (TPSA) is 59.4 Å². The van der Waals surface area contributed by atoms with Gasteiger partial charge in [-0.05, 0) is 37.0 Å². The van der Waals surface area contributed by atoms with Gasteiger partial charge in [-0.15, -0.1) is 11.3 Å². The lowest BCUT2D eigenvalue weighted by molar-refractivity contribution is 0.0954. The van der Waals surface area contributed by atoms with Crippen LogP contribution in [0.1, 0.15) is 58.7 Å². The number of amides is 1. The summed E-state index contributed by atoms with van der Waals surface area (Å²) in [7, 11) is 0. The first-order chi connectivity index (χ1) is 13.1. The average molecular weight is 389 g/mol. The van der Waals surface area contributed by atoms with E-state index in [2.05, 4.69) is 39.9 Å². The second-order valence-corrected chi connectivity index (χ2v) is 8.98. The highest BCUT2D eigenvalue weighted by atomic mass is 32.1. The van der Waals surface area contributed by atoms with Crippen molar-refractivity contribution in [3.63, 3.8) is 0 Å². The number of nitrogens with zero attached hydrogens (tertiary/aromatic N) is 3. The van der Waals surface area contributed by atoms with E-state index in [-0.39, 0.29) is 12.0 Å². The number of carbonyl (C=O) groups is 1. The molecule has 2 aliphatic heterocycles. The van der Waals surface area contributed by atoms with Gasteiger partial charge in [0.05, 0.1) is 35.5 Å². The van der Waals surface area contributed by atoms with E-state index in [9.17, 15) is 4.79 Å². The molecule has 6 nitrogen and oxygen atoms in total. The van der Waals surface area contributed by atoms with Gasteiger partial charge in [-0.1, -0.05) is 13.8 Å². The van der Waals surface area contributed by atoms with E-state index < -0.39 is 0 Å². The zero-order chi connectivity index (χ0) is 18.8. The number of hydrogen-bond acceptors (Lipinski definition) is 5. The molecule has 27 heavy (non-hydrogen) atoms. The van der Waals surface area contributed by atoms with E-state index in [0.29, 0.717) is 12.5 Å². The Morgan fingerprint density at radius 1 is 1.41 bits per heavy atom. The molecule has 146 valence electrons. The fourth-order valence-corrected chi connectivity index (χ4v) is 4.85. The van der Waals surface area contributed by atoms with Crippen LogP contribution in [0.15, 0.2) is 18.2 Å². The van der Waals surface area contributed by atoms with E-state index in [1.54, 1.807) is 0 Å². The van der Waals surface area contributed by atoms with Crippen LogP contribution < -0.4 is 5.32 Å². The van der Waals surface area contributed by atoms with Crippen molar-refractivity contribution in [2.24, 2.45) is 5.92 Å². The molecule has 2 aromatic rings. The van der Waals surface area contributed by atoms with Crippen LogP contribution in [0.2, 0.25) is 0 Å². The largest absolute Gasteiger partial charge is 0.373 e. The summed E-state index contributed by atoms with van der Waals surface area (Å²) in [5.74, 6) is 0.639. The fraction of sp³-hybridized carbons (Fsp3) is 0.600. The molecule has 1 saturated heterocycles. The number of aromatic nitrogens is 2. The van der Waals surface area contributed by atoms with Crippen molar-refractivity contribution in [3.05, 3.63) is 39.3 Å². The van der Waals surface area contributed by atoms with Gasteiger partial charge in [0, 0.05) is 31.1 Å². The first-order valence-electron chi connectivity index (χ1n) is 9.86. The van der Waals surface area contributed by atoms with E-state index in [1.165, 1.54) is 17.0 Å².